The average molecular weight is 428 g/mol. The molecule has 0 fully saturated rings. The van der Waals surface area contributed by atoms with Gasteiger partial charge in [0.05, 0.1) is 6.21 Å². The molecule has 1 N–H and O–H groups in total. The standard InChI is InChI=1S/C27H29N3O2/c1-5-30-24-9-7-6-8-22(24)23-16-19(10-15-25(23)30)17-28-29-26(31)18-32-21-13-11-20(12-14-21)27(2,3)4/h6-17H,5,18H2,1-4H3,(H,29,31)/b28-17-. The van der Waals surface area contributed by atoms with Crippen LogP contribution in [0.25, 0.3) is 21.8 Å². The zero-order valence-electron chi connectivity index (χ0n) is 19.1. The lowest BCUT2D eigenvalue weighted by atomic mass is 9.87. The van der Waals surface area contributed by atoms with Crippen LogP contribution in [0, 0.1) is 0 Å². The van der Waals surface area contributed by atoms with Crippen LogP contribution in [0.2, 0.25) is 0 Å². The summed E-state index contributed by atoms with van der Waals surface area (Å²) in [6.07, 6.45) is 1.66. The predicted octanol–water partition coefficient (Wildman–Crippen LogP) is 5.64. The first kappa shape index (κ1) is 21.6. The van der Waals surface area contributed by atoms with E-state index in [0.29, 0.717) is 5.75 Å². The molecule has 0 bridgehead atoms. The molecule has 5 heteroatoms. The van der Waals surface area contributed by atoms with Crippen molar-refractivity contribution < 1.29 is 9.53 Å². The van der Waals surface area contributed by atoms with E-state index in [1.54, 1.807) is 6.21 Å². The molecule has 0 radical (unpaired) electrons. The number of amides is 1. The molecule has 0 aliphatic rings. The van der Waals surface area contributed by atoms with E-state index in [1.807, 2.05) is 30.3 Å². The van der Waals surface area contributed by atoms with Crippen LogP contribution in [0.3, 0.4) is 0 Å². The molecule has 3 aromatic carbocycles. The molecule has 32 heavy (non-hydrogen) atoms. The molecule has 0 spiro atoms. The Balaban J connectivity index is 1.39. The van der Waals surface area contributed by atoms with Crippen LogP contribution in [-0.2, 0) is 16.8 Å². The summed E-state index contributed by atoms with van der Waals surface area (Å²) in [5.41, 5.74) is 7.19. The second kappa shape index (κ2) is 8.87. The molecule has 0 atom stereocenters. The van der Waals surface area contributed by atoms with Crippen molar-refractivity contribution in [3.8, 4) is 5.75 Å². The highest BCUT2D eigenvalue weighted by Crippen LogP contribution is 2.29. The van der Waals surface area contributed by atoms with Crippen LogP contribution in [-0.4, -0.2) is 23.3 Å². The second-order valence-corrected chi connectivity index (χ2v) is 8.89. The van der Waals surface area contributed by atoms with Gasteiger partial charge in [0.2, 0.25) is 0 Å². The number of benzene rings is 3. The fourth-order valence-electron chi connectivity index (χ4n) is 3.90. The summed E-state index contributed by atoms with van der Waals surface area (Å²) in [5, 5.41) is 6.50. The van der Waals surface area contributed by atoms with Gasteiger partial charge in [-0.15, -0.1) is 0 Å². The molecule has 1 heterocycles. The summed E-state index contributed by atoms with van der Waals surface area (Å²) in [7, 11) is 0. The number of carbonyl (C=O) groups is 1. The number of hydrogen-bond donors (Lipinski definition) is 1. The minimum Gasteiger partial charge on any atom is -0.484 e. The number of ether oxygens (including phenoxy) is 1. The van der Waals surface area contributed by atoms with E-state index in [-0.39, 0.29) is 17.9 Å². The first-order chi connectivity index (χ1) is 15.4. The van der Waals surface area contributed by atoms with Gasteiger partial charge >= 0.3 is 0 Å². The smallest absolute Gasteiger partial charge is 0.277 e. The van der Waals surface area contributed by atoms with Crippen LogP contribution in [0.5, 0.6) is 5.75 Å². The number of nitrogens with one attached hydrogen (secondary N) is 1. The number of fused-ring (bicyclic) bond motifs is 3. The molecule has 4 rings (SSSR count). The topological polar surface area (TPSA) is 55.6 Å². The molecule has 0 saturated carbocycles. The van der Waals surface area contributed by atoms with Crippen molar-refractivity contribution in [2.75, 3.05) is 6.61 Å². The maximum atomic E-state index is 12.1. The second-order valence-electron chi connectivity index (χ2n) is 8.89. The van der Waals surface area contributed by atoms with Gasteiger partial charge in [0.1, 0.15) is 5.75 Å². The number of para-hydroxylation sites is 1. The number of aromatic nitrogens is 1. The monoisotopic (exact) mass is 427 g/mol. The highest BCUT2D eigenvalue weighted by molar-refractivity contribution is 6.09. The summed E-state index contributed by atoms with van der Waals surface area (Å²) in [6.45, 7) is 9.45. The van der Waals surface area contributed by atoms with Crippen LogP contribution in [0.4, 0.5) is 0 Å². The molecule has 0 saturated heterocycles. The fraction of sp³-hybridized carbons (Fsp3) is 0.259. The van der Waals surface area contributed by atoms with Crippen molar-refractivity contribution in [2.24, 2.45) is 5.10 Å². The Labute approximate surface area is 188 Å². The Hall–Kier alpha value is -3.60. The predicted molar refractivity (Wildman–Crippen MR) is 131 cm³/mol. The molecule has 0 aliphatic heterocycles. The lowest BCUT2D eigenvalue weighted by molar-refractivity contribution is -0.123. The number of hydrogen-bond acceptors (Lipinski definition) is 3. The summed E-state index contributed by atoms with van der Waals surface area (Å²) < 4.78 is 7.87. The van der Waals surface area contributed by atoms with Crippen LogP contribution in [0.15, 0.2) is 71.8 Å². The van der Waals surface area contributed by atoms with E-state index in [1.165, 1.54) is 27.4 Å². The van der Waals surface area contributed by atoms with Gasteiger partial charge in [-0.2, -0.15) is 5.10 Å². The molecular formula is C27H29N3O2. The van der Waals surface area contributed by atoms with Crippen LogP contribution >= 0.6 is 0 Å². The summed E-state index contributed by atoms with van der Waals surface area (Å²) in [5.74, 6) is 0.361. The highest BCUT2D eigenvalue weighted by atomic mass is 16.5. The quantitative estimate of drug-likeness (QED) is 0.320. The Kier molecular flexibility index (Phi) is 5.99. The minimum absolute atomic E-state index is 0.0824. The first-order valence-electron chi connectivity index (χ1n) is 10.9. The number of rotatable bonds is 6. The van der Waals surface area contributed by atoms with Gasteiger partial charge < -0.3 is 9.30 Å². The van der Waals surface area contributed by atoms with Crippen molar-refractivity contribution in [2.45, 2.75) is 39.7 Å². The van der Waals surface area contributed by atoms with Gasteiger partial charge in [-0.05, 0) is 53.8 Å². The SMILES string of the molecule is CCn1c2ccccc2c2cc(/C=N\NC(=O)COc3ccc(C(C)(C)C)cc3)ccc21. The number of nitrogens with zero attached hydrogens (tertiary/aromatic N) is 2. The molecule has 4 aromatic rings. The molecule has 164 valence electrons. The average Bonchev–Trinajstić information content (AvgIpc) is 3.10. The van der Waals surface area contributed by atoms with Gasteiger partial charge in [-0.25, -0.2) is 5.43 Å². The number of aryl methyl sites for hydroxylation is 1. The van der Waals surface area contributed by atoms with Crippen molar-refractivity contribution in [3.63, 3.8) is 0 Å². The van der Waals surface area contributed by atoms with Gasteiger partial charge in [-0.1, -0.05) is 57.2 Å². The molecular weight excluding hydrogens is 398 g/mol. The summed E-state index contributed by atoms with van der Waals surface area (Å²) in [4.78, 5) is 12.1. The first-order valence-corrected chi connectivity index (χ1v) is 10.9. The van der Waals surface area contributed by atoms with Crippen LogP contribution in [0.1, 0.15) is 38.8 Å². The Morgan fingerprint density at radius 1 is 1.00 bits per heavy atom. The van der Waals surface area contributed by atoms with Crippen molar-refractivity contribution >= 4 is 33.9 Å². The maximum Gasteiger partial charge on any atom is 0.277 e. The Morgan fingerprint density at radius 2 is 1.72 bits per heavy atom. The summed E-state index contributed by atoms with van der Waals surface area (Å²) >= 11 is 0. The van der Waals surface area contributed by atoms with E-state index in [0.717, 1.165) is 12.1 Å². The molecule has 0 unspecified atom stereocenters. The lowest BCUT2D eigenvalue weighted by Crippen LogP contribution is -2.24. The van der Waals surface area contributed by atoms with Gasteiger partial charge in [0.25, 0.3) is 5.91 Å². The zero-order valence-corrected chi connectivity index (χ0v) is 19.1. The highest BCUT2D eigenvalue weighted by Gasteiger charge is 2.13. The minimum atomic E-state index is -0.301. The van der Waals surface area contributed by atoms with Crippen molar-refractivity contribution in [1.29, 1.82) is 0 Å². The molecule has 1 aromatic heterocycles. The van der Waals surface area contributed by atoms with Gasteiger partial charge in [0.15, 0.2) is 6.61 Å². The largest absolute Gasteiger partial charge is 0.484 e. The third kappa shape index (κ3) is 4.52. The van der Waals surface area contributed by atoms with Gasteiger partial charge in [-0.3, -0.25) is 4.79 Å². The lowest BCUT2D eigenvalue weighted by Gasteiger charge is -2.19. The molecule has 0 aliphatic carbocycles. The fourth-order valence-corrected chi connectivity index (χ4v) is 3.90. The molecule has 1 amide bonds. The zero-order chi connectivity index (χ0) is 22.7. The van der Waals surface area contributed by atoms with Gasteiger partial charge in [0, 0.05) is 28.4 Å². The normalized spacial score (nSPS) is 12.0. The van der Waals surface area contributed by atoms with Crippen molar-refractivity contribution in [3.05, 3.63) is 77.9 Å². The molecule has 5 nitrogen and oxygen atoms in total. The third-order valence-electron chi connectivity index (χ3n) is 5.61. The van der Waals surface area contributed by atoms with E-state index in [4.69, 9.17) is 4.74 Å². The van der Waals surface area contributed by atoms with Crippen molar-refractivity contribution in [1.82, 2.24) is 9.99 Å². The third-order valence-corrected chi connectivity index (χ3v) is 5.61. The number of hydrazone groups is 1. The Bertz CT molecular complexity index is 1280. The van der Waals surface area contributed by atoms with E-state index >= 15 is 0 Å². The summed E-state index contributed by atoms with van der Waals surface area (Å²) in [6, 6.07) is 22.4. The maximum absolute atomic E-state index is 12.1. The Morgan fingerprint density at radius 3 is 2.44 bits per heavy atom. The van der Waals surface area contributed by atoms with E-state index in [9.17, 15) is 4.79 Å². The van der Waals surface area contributed by atoms with E-state index < -0.39 is 0 Å². The van der Waals surface area contributed by atoms with E-state index in [2.05, 4.69) is 79.2 Å². The van der Waals surface area contributed by atoms with Crippen LogP contribution < -0.4 is 10.2 Å². The number of carbonyl (C=O) groups excluding carboxylic acids is 1.